The van der Waals surface area contributed by atoms with Gasteiger partial charge < -0.3 is 15.1 Å². The second kappa shape index (κ2) is 9.05. The minimum atomic E-state index is 0.514. The summed E-state index contributed by atoms with van der Waals surface area (Å²) in [4.78, 5) is 8.99. The average Bonchev–Trinajstić information content (AvgIpc) is 3.32. The number of aliphatic imine (C=N–C) groups is 1. The van der Waals surface area contributed by atoms with Crippen molar-refractivity contribution in [2.45, 2.75) is 19.9 Å². The van der Waals surface area contributed by atoms with Crippen LogP contribution in [0, 0.1) is 0 Å². The van der Waals surface area contributed by atoms with Crippen molar-refractivity contribution in [1.29, 1.82) is 0 Å². The van der Waals surface area contributed by atoms with E-state index in [2.05, 4.69) is 30.8 Å². The molecule has 3 aromatic rings. The van der Waals surface area contributed by atoms with Gasteiger partial charge in [-0.1, -0.05) is 29.8 Å². The smallest absolute Gasteiger partial charge is 0.216 e. The summed E-state index contributed by atoms with van der Waals surface area (Å²) >= 11 is 6.18. The van der Waals surface area contributed by atoms with Crippen LogP contribution in [0.1, 0.15) is 18.3 Å². The van der Waals surface area contributed by atoms with E-state index in [4.69, 9.17) is 16.0 Å². The molecule has 0 saturated carbocycles. The fraction of sp³-hybridized carbons (Fsp3) is 0.278. The van der Waals surface area contributed by atoms with Crippen molar-refractivity contribution in [2.24, 2.45) is 4.99 Å². The lowest BCUT2D eigenvalue weighted by Crippen LogP contribution is -2.38. The molecule has 0 saturated heterocycles. The van der Waals surface area contributed by atoms with Crippen molar-refractivity contribution in [3.63, 3.8) is 0 Å². The van der Waals surface area contributed by atoms with E-state index in [0.29, 0.717) is 31.1 Å². The molecule has 3 N–H and O–H groups in total. The molecule has 0 unspecified atom stereocenters. The number of guanidine groups is 1. The van der Waals surface area contributed by atoms with Crippen LogP contribution < -0.4 is 10.6 Å². The zero-order chi connectivity index (χ0) is 18.2. The standard InChI is InChI=1S/C18H21ClN6O/c1-2-20-18(22-12-13-6-3-4-7-14(13)19)21-10-9-16-23-17(25-24-16)15-8-5-11-26-15/h3-8,11H,2,9-10,12H2,1H3,(H2,20,21,22)(H,23,24,25). The molecule has 0 spiro atoms. The first kappa shape index (κ1) is 18.0. The lowest BCUT2D eigenvalue weighted by molar-refractivity contribution is 0.577. The Morgan fingerprint density at radius 1 is 1.23 bits per heavy atom. The maximum absolute atomic E-state index is 6.18. The van der Waals surface area contributed by atoms with Gasteiger partial charge in [0.1, 0.15) is 5.82 Å². The molecule has 0 radical (unpaired) electrons. The molecule has 0 bridgehead atoms. The van der Waals surface area contributed by atoms with Gasteiger partial charge in [-0.2, -0.15) is 5.10 Å². The van der Waals surface area contributed by atoms with Crippen LogP contribution in [0.15, 0.2) is 52.1 Å². The van der Waals surface area contributed by atoms with E-state index in [9.17, 15) is 0 Å². The quantitative estimate of drug-likeness (QED) is 0.438. The predicted molar refractivity (Wildman–Crippen MR) is 102 cm³/mol. The van der Waals surface area contributed by atoms with Crippen LogP contribution in [0.2, 0.25) is 5.02 Å². The molecule has 2 heterocycles. The number of hydrogen-bond acceptors (Lipinski definition) is 4. The average molecular weight is 373 g/mol. The molecule has 0 fully saturated rings. The third-order valence-corrected chi connectivity index (χ3v) is 4.01. The normalized spacial score (nSPS) is 11.5. The summed E-state index contributed by atoms with van der Waals surface area (Å²) in [6.45, 7) is 3.99. The van der Waals surface area contributed by atoms with Gasteiger partial charge in [-0.05, 0) is 30.7 Å². The van der Waals surface area contributed by atoms with Crippen LogP contribution >= 0.6 is 11.6 Å². The fourth-order valence-electron chi connectivity index (χ4n) is 2.36. The number of nitrogens with one attached hydrogen (secondary N) is 3. The molecule has 1 aromatic carbocycles. The number of H-pyrrole nitrogens is 1. The van der Waals surface area contributed by atoms with Crippen molar-refractivity contribution >= 4 is 17.6 Å². The number of aromatic amines is 1. The molecular weight excluding hydrogens is 352 g/mol. The molecule has 0 atom stereocenters. The molecule has 0 amide bonds. The van der Waals surface area contributed by atoms with Crippen LogP contribution in [0.3, 0.4) is 0 Å². The minimum absolute atomic E-state index is 0.514. The highest BCUT2D eigenvalue weighted by atomic mass is 35.5. The Bertz CT molecular complexity index is 843. The van der Waals surface area contributed by atoms with E-state index in [0.717, 1.165) is 28.9 Å². The van der Waals surface area contributed by atoms with Gasteiger partial charge in [0, 0.05) is 24.5 Å². The molecule has 2 aromatic heterocycles. The van der Waals surface area contributed by atoms with Crippen molar-refractivity contribution < 1.29 is 4.42 Å². The van der Waals surface area contributed by atoms with Crippen molar-refractivity contribution in [2.75, 3.05) is 13.1 Å². The van der Waals surface area contributed by atoms with Gasteiger partial charge in [0.2, 0.25) is 5.82 Å². The van der Waals surface area contributed by atoms with Crippen LogP contribution in [0.25, 0.3) is 11.6 Å². The van der Waals surface area contributed by atoms with Crippen LogP contribution in [-0.2, 0) is 13.0 Å². The zero-order valence-electron chi connectivity index (χ0n) is 14.5. The molecule has 26 heavy (non-hydrogen) atoms. The first-order chi connectivity index (χ1) is 12.8. The largest absolute Gasteiger partial charge is 0.461 e. The highest BCUT2D eigenvalue weighted by Crippen LogP contribution is 2.16. The van der Waals surface area contributed by atoms with Gasteiger partial charge in [-0.15, -0.1) is 0 Å². The van der Waals surface area contributed by atoms with E-state index in [1.54, 1.807) is 6.26 Å². The number of hydrogen-bond donors (Lipinski definition) is 3. The zero-order valence-corrected chi connectivity index (χ0v) is 15.3. The highest BCUT2D eigenvalue weighted by Gasteiger charge is 2.08. The first-order valence-corrected chi connectivity index (χ1v) is 8.85. The summed E-state index contributed by atoms with van der Waals surface area (Å²) < 4.78 is 5.29. The number of halogens is 1. The number of nitrogens with zero attached hydrogens (tertiary/aromatic N) is 3. The summed E-state index contributed by atoms with van der Waals surface area (Å²) in [5, 5.41) is 14.3. The second-order valence-electron chi connectivity index (χ2n) is 5.55. The van der Waals surface area contributed by atoms with E-state index >= 15 is 0 Å². The van der Waals surface area contributed by atoms with Crippen molar-refractivity contribution in [3.05, 3.63) is 59.1 Å². The topological polar surface area (TPSA) is 91.1 Å². The van der Waals surface area contributed by atoms with Gasteiger partial charge in [0.05, 0.1) is 12.8 Å². The van der Waals surface area contributed by atoms with Gasteiger partial charge in [0.25, 0.3) is 0 Å². The summed E-state index contributed by atoms with van der Waals surface area (Å²) in [6, 6.07) is 11.3. The minimum Gasteiger partial charge on any atom is -0.461 e. The summed E-state index contributed by atoms with van der Waals surface area (Å²) in [6.07, 6.45) is 2.29. The molecule has 0 aliphatic heterocycles. The lowest BCUT2D eigenvalue weighted by Gasteiger charge is -2.10. The lowest BCUT2D eigenvalue weighted by atomic mass is 10.2. The molecule has 7 nitrogen and oxygen atoms in total. The Balaban J connectivity index is 1.54. The van der Waals surface area contributed by atoms with Crippen LogP contribution in [0.4, 0.5) is 0 Å². The number of benzene rings is 1. The third-order valence-electron chi connectivity index (χ3n) is 3.64. The van der Waals surface area contributed by atoms with Gasteiger partial charge in [-0.3, -0.25) is 5.10 Å². The molecule has 0 aliphatic rings. The Hall–Kier alpha value is -2.80. The Labute approximate surface area is 156 Å². The molecular formula is C18H21ClN6O. The first-order valence-electron chi connectivity index (χ1n) is 8.47. The number of aromatic nitrogens is 3. The van der Waals surface area contributed by atoms with Crippen LogP contribution in [0.5, 0.6) is 0 Å². The van der Waals surface area contributed by atoms with E-state index in [-0.39, 0.29) is 0 Å². The van der Waals surface area contributed by atoms with Crippen LogP contribution in [-0.4, -0.2) is 34.2 Å². The number of furan rings is 1. The Morgan fingerprint density at radius 3 is 2.88 bits per heavy atom. The Kier molecular flexibility index (Phi) is 6.27. The summed E-state index contributed by atoms with van der Waals surface area (Å²) in [7, 11) is 0. The molecule has 8 heteroatoms. The SMILES string of the molecule is CCNC(=NCc1ccccc1Cl)NCCc1nc(-c2ccco2)n[nH]1. The molecule has 136 valence electrons. The maximum Gasteiger partial charge on any atom is 0.216 e. The number of rotatable bonds is 7. The van der Waals surface area contributed by atoms with Gasteiger partial charge >= 0.3 is 0 Å². The molecule has 0 aliphatic carbocycles. The monoisotopic (exact) mass is 372 g/mol. The van der Waals surface area contributed by atoms with Gasteiger partial charge in [0.15, 0.2) is 11.7 Å². The molecule has 3 rings (SSSR count). The summed E-state index contributed by atoms with van der Waals surface area (Å²) in [5.74, 6) is 2.73. The predicted octanol–water partition coefficient (Wildman–Crippen LogP) is 3.02. The van der Waals surface area contributed by atoms with E-state index in [1.165, 1.54) is 0 Å². The second-order valence-corrected chi connectivity index (χ2v) is 5.95. The third kappa shape index (κ3) is 4.86. The summed E-state index contributed by atoms with van der Waals surface area (Å²) in [5.41, 5.74) is 0.990. The van der Waals surface area contributed by atoms with Crippen molar-refractivity contribution in [3.8, 4) is 11.6 Å². The van der Waals surface area contributed by atoms with Gasteiger partial charge in [-0.25, -0.2) is 9.98 Å². The van der Waals surface area contributed by atoms with E-state index in [1.807, 2.05) is 43.3 Å². The Morgan fingerprint density at radius 2 is 2.12 bits per heavy atom. The van der Waals surface area contributed by atoms with Crippen molar-refractivity contribution in [1.82, 2.24) is 25.8 Å². The highest BCUT2D eigenvalue weighted by molar-refractivity contribution is 6.31. The fourth-order valence-corrected chi connectivity index (χ4v) is 2.55. The van der Waals surface area contributed by atoms with E-state index < -0.39 is 0 Å². The maximum atomic E-state index is 6.18.